The van der Waals surface area contributed by atoms with Gasteiger partial charge in [0.25, 0.3) is 0 Å². The largest absolute Gasteiger partial charge is 0.309 e. The van der Waals surface area contributed by atoms with Gasteiger partial charge in [0, 0.05) is 28.7 Å². The zero-order chi connectivity index (χ0) is 23.6. The lowest BCUT2D eigenvalue weighted by Crippen LogP contribution is -2.35. The standard InChI is InChI=1S/C26H27BrN2O3S/c1-18-16-22-17-23(27)11-14-25(22)29(18)26(30)15-10-20-8-12-24(13-9-20)33(31,32)28-19(2)21-6-4-3-5-7-21/h3-9,11-14,17-19,28H,10,15-16H2,1-2H3/t18-,19-/m1/s1. The van der Waals surface area contributed by atoms with Gasteiger partial charge in [0.2, 0.25) is 15.9 Å². The summed E-state index contributed by atoms with van der Waals surface area (Å²) in [5.41, 5.74) is 4.00. The van der Waals surface area contributed by atoms with E-state index in [-0.39, 0.29) is 22.9 Å². The minimum absolute atomic E-state index is 0.0821. The molecule has 0 fully saturated rings. The van der Waals surface area contributed by atoms with Crippen molar-refractivity contribution in [2.45, 2.75) is 50.1 Å². The van der Waals surface area contributed by atoms with Crippen molar-refractivity contribution in [3.63, 3.8) is 0 Å². The number of carbonyl (C=O) groups excluding carboxylic acids is 1. The average Bonchev–Trinajstić information content (AvgIpc) is 3.12. The van der Waals surface area contributed by atoms with Gasteiger partial charge in [-0.2, -0.15) is 0 Å². The monoisotopic (exact) mass is 526 g/mol. The number of aryl methyl sites for hydroxylation is 1. The van der Waals surface area contributed by atoms with Crippen LogP contribution in [0.3, 0.4) is 0 Å². The zero-order valence-corrected chi connectivity index (χ0v) is 21.1. The van der Waals surface area contributed by atoms with E-state index in [2.05, 4.69) is 33.6 Å². The molecule has 1 aliphatic heterocycles. The summed E-state index contributed by atoms with van der Waals surface area (Å²) in [6.45, 7) is 3.89. The summed E-state index contributed by atoms with van der Waals surface area (Å²) in [5, 5.41) is 0. The number of carbonyl (C=O) groups is 1. The van der Waals surface area contributed by atoms with E-state index in [1.807, 2.05) is 54.3 Å². The highest BCUT2D eigenvalue weighted by molar-refractivity contribution is 9.10. The van der Waals surface area contributed by atoms with Crippen molar-refractivity contribution in [3.8, 4) is 0 Å². The van der Waals surface area contributed by atoms with Crippen LogP contribution in [-0.2, 0) is 27.7 Å². The Bertz CT molecular complexity index is 1240. The number of sulfonamides is 1. The molecule has 7 heteroatoms. The molecule has 172 valence electrons. The van der Waals surface area contributed by atoms with Crippen LogP contribution in [0.25, 0.3) is 0 Å². The number of nitrogens with zero attached hydrogens (tertiary/aromatic N) is 1. The van der Waals surface area contributed by atoms with Gasteiger partial charge in [-0.05, 0) is 73.7 Å². The molecule has 3 aromatic carbocycles. The molecule has 0 radical (unpaired) electrons. The van der Waals surface area contributed by atoms with Gasteiger partial charge in [-0.25, -0.2) is 13.1 Å². The number of hydrogen-bond donors (Lipinski definition) is 1. The molecule has 0 aromatic heterocycles. The number of fused-ring (bicyclic) bond motifs is 1. The molecular formula is C26H27BrN2O3S. The molecule has 1 aliphatic rings. The maximum Gasteiger partial charge on any atom is 0.241 e. The molecule has 1 N–H and O–H groups in total. The van der Waals surface area contributed by atoms with Gasteiger partial charge in [-0.15, -0.1) is 0 Å². The van der Waals surface area contributed by atoms with Crippen LogP contribution in [0.1, 0.15) is 43.0 Å². The molecular weight excluding hydrogens is 500 g/mol. The molecule has 0 saturated heterocycles. The van der Waals surface area contributed by atoms with Gasteiger partial charge >= 0.3 is 0 Å². The van der Waals surface area contributed by atoms with Crippen LogP contribution in [0.15, 0.2) is 82.2 Å². The number of rotatable bonds is 7. The number of hydrogen-bond acceptors (Lipinski definition) is 3. The smallest absolute Gasteiger partial charge is 0.241 e. The van der Waals surface area contributed by atoms with Crippen LogP contribution in [0.5, 0.6) is 0 Å². The number of amides is 1. The Hall–Kier alpha value is -2.48. The normalized spacial score (nSPS) is 16.5. The predicted molar refractivity (Wildman–Crippen MR) is 135 cm³/mol. The molecule has 2 atom stereocenters. The van der Waals surface area contributed by atoms with E-state index in [9.17, 15) is 13.2 Å². The molecule has 1 amide bonds. The third kappa shape index (κ3) is 5.37. The van der Waals surface area contributed by atoms with Crippen LogP contribution >= 0.6 is 15.9 Å². The summed E-state index contributed by atoms with van der Waals surface area (Å²) in [4.78, 5) is 15.1. The fraction of sp³-hybridized carbons (Fsp3) is 0.269. The van der Waals surface area contributed by atoms with Gasteiger partial charge in [0.1, 0.15) is 0 Å². The highest BCUT2D eigenvalue weighted by Crippen LogP contribution is 2.34. The quantitative estimate of drug-likeness (QED) is 0.448. The van der Waals surface area contributed by atoms with Crippen LogP contribution < -0.4 is 9.62 Å². The summed E-state index contributed by atoms with van der Waals surface area (Å²) in [6.07, 6.45) is 1.78. The fourth-order valence-corrected chi connectivity index (χ4v) is 5.94. The first-order chi connectivity index (χ1) is 15.7. The summed E-state index contributed by atoms with van der Waals surface area (Å²) in [7, 11) is -3.64. The predicted octanol–water partition coefficient (Wildman–Crippen LogP) is 5.40. The lowest BCUT2D eigenvalue weighted by Gasteiger charge is -2.23. The second-order valence-electron chi connectivity index (χ2n) is 8.49. The van der Waals surface area contributed by atoms with Gasteiger partial charge in [0.05, 0.1) is 4.90 Å². The molecule has 5 nitrogen and oxygen atoms in total. The van der Waals surface area contributed by atoms with E-state index in [0.717, 1.165) is 27.7 Å². The maximum atomic E-state index is 13.0. The Morgan fingerprint density at radius 2 is 1.79 bits per heavy atom. The van der Waals surface area contributed by atoms with Gasteiger partial charge in [-0.3, -0.25) is 4.79 Å². The molecule has 0 spiro atoms. The highest BCUT2D eigenvalue weighted by atomic mass is 79.9. The van der Waals surface area contributed by atoms with Gasteiger partial charge < -0.3 is 4.90 Å². The Morgan fingerprint density at radius 3 is 2.48 bits per heavy atom. The number of nitrogens with one attached hydrogen (secondary N) is 1. The van der Waals surface area contributed by atoms with Crippen LogP contribution in [0.4, 0.5) is 5.69 Å². The van der Waals surface area contributed by atoms with Crippen LogP contribution in [-0.4, -0.2) is 20.4 Å². The van der Waals surface area contributed by atoms with Crippen molar-refractivity contribution in [1.82, 2.24) is 4.72 Å². The number of benzene rings is 3. The Labute approximate surface area is 204 Å². The summed E-state index contributed by atoms with van der Waals surface area (Å²) < 4.78 is 29.3. The van der Waals surface area contributed by atoms with E-state index >= 15 is 0 Å². The molecule has 0 saturated carbocycles. The average molecular weight is 527 g/mol. The van der Waals surface area contributed by atoms with Gasteiger partial charge in [0.15, 0.2) is 0 Å². The first-order valence-electron chi connectivity index (χ1n) is 11.0. The minimum Gasteiger partial charge on any atom is -0.309 e. The van der Waals surface area contributed by atoms with Crippen molar-refractivity contribution in [2.75, 3.05) is 4.90 Å². The van der Waals surface area contributed by atoms with E-state index in [0.29, 0.717) is 12.8 Å². The van der Waals surface area contributed by atoms with Crippen LogP contribution in [0, 0.1) is 0 Å². The Morgan fingerprint density at radius 1 is 1.09 bits per heavy atom. The van der Waals surface area contributed by atoms with E-state index in [1.54, 1.807) is 24.3 Å². The van der Waals surface area contributed by atoms with Crippen molar-refractivity contribution in [1.29, 1.82) is 0 Å². The lowest BCUT2D eigenvalue weighted by atomic mass is 10.1. The molecule has 0 aliphatic carbocycles. The summed E-state index contributed by atoms with van der Waals surface area (Å²) in [5.74, 6) is 0.0821. The first-order valence-corrected chi connectivity index (χ1v) is 13.3. The lowest BCUT2D eigenvalue weighted by molar-refractivity contribution is -0.118. The minimum atomic E-state index is -3.64. The second kappa shape index (κ2) is 9.79. The molecule has 0 unspecified atom stereocenters. The van der Waals surface area contributed by atoms with Crippen molar-refractivity contribution < 1.29 is 13.2 Å². The fourth-order valence-electron chi connectivity index (χ4n) is 4.30. The molecule has 33 heavy (non-hydrogen) atoms. The second-order valence-corrected chi connectivity index (χ2v) is 11.1. The van der Waals surface area contributed by atoms with E-state index < -0.39 is 10.0 Å². The third-order valence-corrected chi connectivity index (χ3v) is 8.07. The van der Waals surface area contributed by atoms with Gasteiger partial charge in [-0.1, -0.05) is 58.4 Å². The molecule has 1 heterocycles. The number of anilines is 1. The maximum absolute atomic E-state index is 13.0. The molecule has 4 rings (SSSR count). The third-order valence-electron chi connectivity index (χ3n) is 6.02. The topological polar surface area (TPSA) is 66.5 Å². The summed E-state index contributed by atoms with van der Waals surface area (Å²) in [6, 6.07) is 22.1. The zero-order valence-electron chi connectivity index (χ0n) is 18.7. The van der Waals surface area contributed by atoms with Crippen LogP contribution in [0.2, 0.25) is 0 Å². The Balaban J connectivity index is 1.38. The molecule has 0 bridgehead atoms. The highest BCUT2D eigenvalue weighted by Gasteiger charge is 2.30. The first kappa shape index (κ1) is 23.7. The summed E-state index contributed by atoms with van der Waals surface area (Å²) >= 11 is 3.50. The SMILES string of the molecule is C[C@@H]1Cc2cc(Br)ccc2N1C(=O)CCc1ccc(S(=O)(=O)N[C@H](C)c2ccccc2)cc1. The van der Waals surface area contributed by atoms with Crippen molar-refractivity contribution in [2.24, 2.45) is 0 Å². The molecule has 3 aromatic rings. The number of halogens is 1. The van der Waals surface area contributed by atoms with E-state index in [4.69, 9.17) is 0 Å². The Kier molecular flexibility index (Phi) is 7.02. The van der Waals surface area contributed by atoms with Crippen molar-refractivity contribution >= 4 is 37.5 Å². The van der Waals surface area contributed by atoms with Crippen molar-refractivity contribution in [3.05, 3.63) is 94.0 Å². The van der Waals surface area contributed by atoms with E-state index in [1.165, 1.54) is 5.56 Å².